The fourth-order valence-electron chi connectivity index (χ4n) is 1.95. The van der Waals surface area contributed by atoms with E-state index < -0.39 is 0 Å². The molecule has 0 aliphatic rings. The fourth-order valence-corrected chi connectivity index (χ4v) is 2.53. The highest BCUT2D eigenvalue weighted by Gasteiger charge is 2.03. The van der Waals surface area contributed by atoms with Crippen molar-refractivity contribution in [3.8, 4) is 17.2 Å². The third-order valence-electron chi connectivity index (χ3n) is 3.15. The summed E-state index contributed by atoms with van der Waals surface area (Å²) in [6.45, 7) is 0.353. The maximum absolute atomic E-state index is 5.34. The van der Waals surface area contributed by atoms with E-state index in [0.29, 0.717) is 12.4 Å². The zero-order chi connectivity index (χ0) is 16.7. The Morgan fingerprint density at radius 3 is 2.35 bits per heavy atom. The number of oxime groups is 1. The smallest absolute Gasteiger partial charge is 0.142 e. The van der Waals surface area contributed by atoms with Gasteiger partial charge in [-0.15, -0.1) is 0 Å². The van der Waals surface area contributed by atoms with E-state index in [-0.39, 0.29) is 0 Å². The van der Waals surface area contributed by atoms with E-state index in [1.54, 1.807) is 27.5 Å². The molecular weight excluding hydrogens is 362 g/mol. The Bertz CT molecular complexity index is 688. The highest BCUT2D eigenvalue weighted by molar-refractivity contribution is 9.10. The molecule has 0 aliphatic heterocycles. The van der Waals surface area contributed by atoms with E-state index in [2.05, 4.69) is 21.1 Å². The first-order chi connectivity index (χ1) is 11.2. The third kappa shape index (κ3) is 4.63. The first kappa shape index (κ1) is 17.1. The SMILES string of the molecule is COc1ccc(OC)c(/C=N\OCc2ccc(OC)c(Br)c2)c1. The van der Waals surface area contributed by atoms with Gasteiger partial charge in [-0.1, -0.05) is 11.2 Å². The lowest BCUT2D eigenvalue weighted by atomic mass is 10.2. The van der Waals surface area contributed by atoms with Gasteiger partial charge in [-0.2, -0.15) is 0 Å². The Kier molecular flexibility index (Phi) is 6.29. The van der Waals surface area contributed by atoms with Crippen molar-refractivity contribution in [2.45, 2.75) is 6.61 Å². The van der Waals surface area contributed by atoms with Crippen LogP contribution in [-0.4, -0.2) is 27.5 Å². The molecule has 0 saturated heterocycles. The van der Waals surface area contributed by atoms with Crippen LogP contribution >= 0.6 is 15.9 Å². The maximum atomic E-state index is 5.34. The number of benzene rings is 2. The first-order valence-electron chi connectivity index (χ1n) is 6.87. The molecule has 0 amide bonds. The van der Waals surface area contributed by atoms with E-state index in [0.717, 1.165) is 27.1 Å². The van der Waals surface area contributed by atoms with Crippen LogP contribution in [-0.2, 0) is 11.4 Å². The lowest BCUT2D eigenvalue weighted by molar-refractivity contribution is 0.132. The van der Waals surface area contributed by atoms with Crippen LogP contribution in [0.25, 0.3) is 0 Å². The zero-order valence-corrected chi connectivity index (χ0v) is 14.8. The lowest BCUT2D eigenvalue weighted by Gasteiger charge is -2.07. The monoisotopic (exact) mass is 379 g/mol. The van der Waals surface area contributed by atoms with Crippen molar-refractivity contribution in [1.29, 1.82) is 0 Å². The van der Waals surface area contributed by atoms with Crippen molar-refractivity contribution >= 4 is 22.1 Å². The molecule has 0 atom stereocenters. The van der Waals surface area contributed by atoms with Gasteiger partial charge in [0.25, 0.3) is 0 Å². The van der Waals surface area contributed by atoms with Crippen LogP contribution in [0.3, 0.4) is 0 Å². The van der Waals surface area contributed by atoms with Crippen LogP contribution in [0.15, 0.2) is 46.0 Å². The van der Waals surface area contributed by atoms with Gasteiger partial charge in [0.05, 0.1) is 32.0 Å². The predicted molar refractivity (Wildman–Crippen MR) is 92.6 cm³/mol. The standard InChI is InChI=1S/C17H18BrNO4/c1-20-14-5-7-16(21-2)13(9-14)10-19-23-11-12-4-6-17(22-3)15(18)8-12/h4-10H,11H2,1-3H3/b19-10-. The topological polar surface area (TPSA) is 49.3 Å². The van der Waals surface area contributed by atoms with Crippen molar-refractivity contribution in [2.24, 2.45) is 5.16 Å². The second kappa shape index (κ2) is 8.43. The summed E-state index contributed by atoms with van der Waals surface area (Å²) in [7, 11) is 4.84. The Morgan fingerprint density at radius 1 is 0.957 bits per heavy atom. The summed E-state index contributed by atoms with van der Waals surface area (Å²) in [6, 6.07) is 11.2. The average Bonchev–Trinajstić information content (AvgIpc) is 2.58. The van der Waals surface area contributed by atoms with Crippen LogP contribution in [0.5, 0.6) is 17.2 Å². The van der Waals surface area contributed by atoms with Gasteiger partial charge in [-0.05, 0) is 51.8 Å². The fraction of sp³-hybridized carbons (Fsp3) is 0.235. The first-order valence-corrected chi connectivity index (χ1v) is 7.67. The third-order valence-corrected chi connectivity index (χ3v) is 3.77. The summed E-state index contributed by atoms with van der Waals surface area (Å²) >= 11 is 3.44. The highest BCUT2D eigenvalue weighted by Crippen LogP contribution is 2.26. The van der Waals surface area contributed by atoms with Gasteiger partial charge < -0.3 is 19.0 Å². The molecule has 0 unspecified atom stereocenters. The zero-order valence-electron chi connectivity index (χ0n) is 13.2. The molecule has 0 radical (unpaired) electrons. The van der Waals surface area contributed by atoms with Crippen molar-refractivity contribution in [3.05, 3.63) is 52.0 Å². The van der Waals surface area contributed by atoms with Crippen LogP contribution < -0.4 is 14.2 Å². The molecule has 0 spiro atoms. The van der Waals surface area contributed by atoms with Crippen molar-refractivity contribution in [3.63, 3.8) is 0 Å². The summed E-state index contributed by atoms with van der Waals surface area (Å²) in [5.41, 5.74) is 1.76. The minimum Gasteiger partial charge on any atom is -0.497 e. The van der Waals surface area contributed by atoms with Gasteiger partial charge in [0.2, 0.25) is 0 Å². The van der Waals surface area contributed by atoms with Crippen molar-refractivity contribution in [2.75, 3.05) is 21.3 Å². The lowest BCUT2D eigenvalue weighted by Crippen LogP contribution is -1.94. The molecule has 0 bridgehead atoms. The number of rotatable bonds is 7. The molecule has 0 heterocycles. The highest BCUT2D eigenvalue weighted by atomic mass is 79.9. The minimum absolute atomic E-state index is 0.353. The van der Waals surface area contributed by atoms with E-state index in [1.807, 2.05) is 36.4 Å². The average molecular weight is 380 g/mol. The number of halogens is 1. The molecule has 122 valence electrons. The van der Waals surface area contributed by atoms with Gasteiger partial charge >= 0.3 is 0 Å². The number of hydrogen-bond donors (Lipinski definition) is 0. The Labute approximate surface area is 143 Å². The van der Waals surface area contributed by atoms with Gasteiger partial charge in [-0.25, -0.2) is 0 Å². The summed E-state index contributed by atoms with van der Waals surface area (Å²) < 4.78 is 16.5. The molecule has 0 saturated carbocycles. The molecule has 2 rings (SSSR count). The molecular formula is C17H18BrNO4. The van der Waals surface area contributed by atoms with Gasteiger partial charge in [0.15, 0.2) is 0 Å². The Balaban J connectivity index is 2.00. The van der Waals surface area contributed by atoms with Crippen LogP contribution in [0.2, 0.25) is 0 Å². The van der Waals surface area contributed by atoms with Gasteiger partial charge in [0, 0.05) is 5.56 Å². The summed E-state index contributed by atoms with van der Waals surface area (Å²) in [6.07, 6.45) is 1.60. The minimum atomic E-state index is 0.353. The molecule has 2 aromatic carbocycles. The van der Waals surface area contributed by atoms with Crippen molar-refractivity contribution in [1.82, 2.24) is 0 Å². The van der Waals surface area contributed by atoms with Gasteiger partial charge in [-0.3, -0.25) is 0 Å². The van der Waals surface area contributed by atoms with E-state index in [4.69, 9.17) is 19.0 Å². The number of hydrogen-bond acceptors (Lipinski definition) is 5. The van der Waals surface area contributed by atoms with E-state index in [1.165, 1.54) is 0 Å². The Hall–Kier alpha value is -2.21. The van der Waals surface area contributed by atoms with Crippen LogP contribution in [0, 0.1) is 0 Å². The number of ether oxygens (including phenoxy) is 3. The molecule has 5 nitrogen and oxygen atoms in total. The quantitative estimate of drug-likeness (QED) is 0.538. The van der Waals surface area contributed by atoms with E-state index in [9.17, 15) is 0 Å². The predicted octanol–water partition coefficient (Wildman–Crippen LogP) is 4.03. The molecule has 0 fully saturated rings. The van der Waals surface area contributed by atoms with E-state index >= 15 is 0 Å². The second-order valence-corrected chi connectivity index (χ2v) is 5.44. The molecule has 0 aromatic heterocycles. The number of nitrogens with zero attached hydrogens (tertiary/aromatic N) is 1. The molecule has 2 aromatic rings. The molecule has 0 aliphatic carbocycles. The van der Waals surface area contributed by atoms with Crippen LogP contribution in [0.4, 0.5) is 0 Å². The Morgan fingerprint density at radius 2 is 1.70 bits per heavy atom. The summed E-state index contributed by atoms with van der Waals surface area (Å²) in [4.78, 5) is 5.34. The van der Waals surface area contributed by atoms with Gasteiger partial charge in [0.1, 0.15) is 23.9 Å². The van der Waals surface area contributed by atoms with Crippen LogP contribution in [0.1, 0.15) is 11.1 Å². The normalized spacial score (nSPS) is 10.6. The molecule has 0 N–H and O–H groups in total. The summed E-state index contributed by atoms with van der Waals surface area (Å²) in [5.74, 6) is 2.20. The largest absolute Gasteiger partial charge is 0.497 e. The maximum Gasteiger partial charge on any atom is 0.142 e. The molecule has 6 heteroatoms. The molecule has 23 heavy (non-hydrogen) atoms. The summed E-state index contributed by atoms with van der Waals surface area (Å²) in [5, 5.41) is 3.99. The van der Waals surface area contributed by atoms with Crippen molar-refractivity contribution < 1.29 is 19.0 Å². The second-order valence-electron chi connectivity index (χ2n) is 4.58. The number of methoxy groups -OCH3 is 3.